The zero-order chi connectivity index (χ0) is 20.5. The molecule has 1 saturated heterocycles. The van der Waals surface area contributed by atoms with Crippen molar-refractivity contribution in [2.75, 3.05) is 13.6 Å². The summed E-state index contributed by atoms with van der Waals surface area (Å²) in [6, 6.07) is 2.43. The Kier molecular flexibility index (Phi) is 5.03. The van der Waals surface area contributed by atoms with E-state index in [1.807, 2.05) is 25.7 Å². The molecule has 1 amide bonds. The quantitative estimate of drug-likeness (QED) is 0.724. The van der Waals surface area contributed by atoms with Crippen LogP contribution in [0.15, 0.2) is 16.3 Å². The summed E-state index contributed by atoms with van der Waals surface area (Å²) in [5.74, 6) is 0.905. The number of piperidine rings is 1. The Labute approximate surface area is 171 Å². The zero-order valence-electron chi connectivity index (χ0n) is 17.0. The summed E-state index contributed by atoms with van der Waals surface area (Å²) < 4.78 is 28.0. The minimum Gasteiger partial charge on any atom is -0.338 e. The normalized spacial score (nSPS) is 28.3. The van der Waals surface area contributed by atoms with Crippen LogP contribution in [0.2, 0.25) is 4.34 Å². The number of likely N-dealkylation sites (N-methyl/N-ethyl adjacent to an activating group) is 1. The fraction of sp³-hybridized carbons (Fsp3) is 0.737. The predicted molar refractivity (Wildman–Crippen MR) is 109 cm³/mol. The van der Waals surface area contributed by atoms with Gasteiger partial charge in [-0.3, -0.25) is 4.79 Å². The lowest BCUT2D eigenvalue weighted by Crippen LogP contribution is -2.56. The Hall–Kier alpha value is -0.630. The molecule has 27 heavy (non-hydrogen) atoms. The van der Waals surface area contributed by atoms with Crippen LogP contribution < -0.4 is 0 Å². The van der Waals surface area contributed by atoms with Gasteiger partial charge < -0.3 is 4.90 Å². The standard InChI is InChI=1S/C19H29ClN2O3S2/c1-11-15-12(19(15,5)6)10-22(11)17(23)16(18(2,3)4)21(7)27(24,25)14-9-8-13(20)26-14/h8-9,11-12,15-16H,10H2,1-7H3/t11-,12?,15-,16-/m1/s1. The molecule has 1 aliphatic heterocycles. The molecule has 0 spiro atoms. The van der Waals surface area contributed by atoms with E-state index in [1.54, 1.807) is 6.07 Å². The molecule has 1 saturated carbocycles. The first kappa shape index (κ1) is 21.1. The average Bonchev–Trinajstić information content (AvgIpc) is 2.86. The molecule has 4 atom stereocenters. The Bertz CT molecular complexity index is 857. The van der Waals surface area contributed by atoms with Crippen LogP contribution in [-0.4, -0.2) is 49.2 Å². The maximum Gasteiger partial charge on any atom is 0.253 e. The van der Waals surface area contributed by atoms with Crippen molar-refractivity contribution >= 4 is 38.9 Å². The van der Waals surface area contributed by atoms with Crippen LogP contribution in [0.4, 0.5) is 0 Å². The van der Waals surface area contributed by atoms with Crippen molar-refractivity contribution in [1.82, 2.24) is 9.21 Å². The maximum absolute atomic E-state index is 13.5. The molecule has 0 bridgehead atoms. The van der Waals surface area contributed by atoms with Crippen molar-refractivity contribution in [1.29, 1.82) is 0 Å². The van der Waals surface area contributed by atoms with E-state index in [0.717, 1.165) is 11.3 Å². The predicted octanol–water partition coefficient (Wildman–Crippen LogP) is 3.94. The van der Waals surface area contributed by atoms with Gasteiger partial charge in [-0.05, 0) is 41.7 Å². The summed E-state index contributed by atoms with van der Waals surface area (Å²) in [7, 11) is -2.30. The lowest BCUT2D eigenvalue weighted by molar-refractivity contribution is -0.140. The molecule has 152 valence electrons. The zero-order valence-corrected chi connectivity index (χ0v) is 19.4. The van der Waals surface area contributed by atoms with Gasteiger partial charge in [0.1, 0.15) is 10.3 Å². The average molecular weight is 433 g/mol. The summed E-state index contributed by atoms with van der Waals surface area (Å²) in [4.78, 5) is 15.4. The second-order valence-electron chi connectivity index (χ2n) is 9.53. The number of carbonyl (C=O) groups is 1. The van der Waals surface area contributed by atoms with Crippen molar-refractivity contribution < 1.29 is 13.2 Å². The Morgan fingerprint density at radius 2 is 1.96 bits per heavy atom. The third-order valence-electron chi connectivity index (χ3n) is 6.43. The number of rotatable bonds is 4. The van der Waals surface area contributed by atoms with E-state index in [9.17, 15) is 13.2 Å². The van der Waals surface area contributed by atoms with E-state index in [4.69, 9.17) is 11.6 Å². The number of hydrogen-bond donors (Lipinski definition) is 0. The van der Waals surface area contributed by atoms with E-state index in [1.165, 1.54) is 17.4 Å². The molecule has 5 nitrogen and oxygen atoms in total. The third kappa shape index (κ3) is 3.34. The fourth-order valence-electron chi connectivity index (χ4n) is 4.90. The third-order valence-corrected chi connectivity index (χ3v) is 9.95. The minimum absolute atomic E-state index is 0.105. The molecule has 3 rings (SSSR count). The number of halogens is 1. The molecule has 1 aromatic rings. The SMILES string of the molecule is C[C@@H]1[C@@H]2C(CN1C(=O)[C@@H](N(C)S(=O)(=O)c1ccc(Cl)s1)C(C)(C)C)C2(C)C. The van der Waals surface area contributed by atoms with E-state index < -0.39 is 21.5 Å². The van der Waals surface area contributed by atoms with Gasteiger partial charge >= 0.3 is 0 Å². The molecule has 0 radical (unpaired) electrons. The van der Waals surface area contributed by atoms with Crippen LogP contribution in [0.1, 0.15) is 41.5 Å². The molecule has 2 aliphatic rings. The molecule has 2 fully saturated rings. The largest absolute Gasteiger partial charge is 0.338 e. The highest BCUT2D eigenvalue weighted by atomic mass is 35.5. The number of hydrogen-bond acceptors (Lipinski definition) is 4. The summed E-state index contributed by atoms with van der Waals surface area (Å²) in [6.07, 6.45) is 0. The summed E-state index contributed by atoms with van der Waals surface area (Å²) in [5, 5.41) is 0. The van der Waals surface area contributed by atoms with Crippen LogP contribution in [0, 0.1) is 22.7 Å². The Morgan fingerprint density at radius 3 is 2.37 bits per heavy atom. The van der Waals surface area contributed by atoms with Gasteiger partial charge in [0, 0.05) is 19.6 Å². The number of sulfonamides is 1. The topological polar surface area (TPSA) is 57.7 Å². The first-order chi connectivity index (χ1) is 12.2. The van der Waals surface area contributed by atoms with Crippen molar-refractivity contribution in [2.24, 2.45) is 22.7 Å². The first-order valence-corrected chi connectivity index (χ1v) is 11.9. The van der Waals surface area contributed by atoms with Gasteiger partial charge in [0.2, 0.25) is 5.91 Å². The number of nitrogens with zero attached hydrogens (tertiary/aromatic N) is 2. The van der Waals surface area contributed by atoms with Crippen LogP contribution in [0.3, 0.4) is 0 Å². The molecular formula is C19H29ClN2O3S2. The monoisotopic (exact) mass is 432 g/mol. The van der Waals surface area contributed by atoms with Gasteiger partial charge in [0.25, 0.3) is 10.0 Å². The highest BCUT2D eigenvalue weighted by molar-refractivity contribution is 7.91. The molecule has 0 aromatic carbocycles. The van der Waals surface area contributed by atoms with Crippen LogP contribution in [0.5, 0.6) is 0 Å². The Morgan fingerprint density at radius 1 is 1.37 bits per heavy atom. The summed E-state index contributed by atoms with van der Waals surface area (Å²) in [5.41, 5.74) is -0.263. The minimum atomic E-state index is -3.80. The molecule has 1 aliphatic carbocycles. The highest BCUT2D eigenvalue weighted by Crippen LogP contribution is 2.64. The van der Waals surface area contributed by atoms with Crippen molar-refractivity contribution in [2.45, 2.75) is 57.8 Å². The molecule has 8 heteroatoms. The van der Waals surface area contributed by atoms with Gasteiger partial charge in [-0.2, -0.15) is 4.31 Å². The lowest BCUT2D eigenvalue weighted by atomic mass is 9.85. The number of fused-ring (bicyclic) bond motifs is 1. The molecule has 2 heterocycles. The van der Waals surface area contributed by atoms with Gasteiger partial charge in [-0.15, -0.1) is 11.3 Å². The number of carbonyl (C=O) groups excluding carboxylic acids is 1. The van der Waals surface area contributed by atoms with Gasteiger partial charge in [0.15, 0.2) is 0 Å². The van der Waals surface area contributed by atoms with Gasteiger partial charge in [-0.25, -0.2) is 8.42 Å². The van der Waals surface area contributed by atoms with Gasteiger partial charge in [-0.1, -0.05) is 46.2 Å². The van der Waals surface area contributed by atoms with Gasteiger partial charge in [0.05, 0.1) is 4.34 Å². The van der Waals surface area contributed by atoms with Crippen LogP contribution >= 0.6 is 22.9 Å². The lowest BCUT2D eigenvalue weighted by Gasteiger charge is -2.40. The second kappa shape index (κ2) is 6.44. The number of amides is 1. The molecule has 0 N–H and O–H groups in total. The van der Waals surface area contributed by atoms with Crippen molar-refractivity contribution in [3.05, 3.63) is 16.5 Å². The van der Waals surface area contributed by atoms with Crippen molar-refractivity contribution in [3.63, 3.8) is 0 Å². The fourth-order valence-corrected chi connectivity index (χ4v) is 8.07. The number of likely N-dealkylation sites (tertiary alicyclic amines) is 1. The smallest absolute Gasteiger partial charge is 0.253 e. The van der Waals surface area contributed by atoms with Crippen LogP contribution in [-0.2, 0) is 14.8 Å². The molecule has 1 unspecified atom stereocenters. The van der Waals surface area contributed by atoms with E-state index in [2.05, 4.69) is 20.8 Å². The van der Waals surface area contributed by atoms with Crippen molar-refractivity contribution in [3.8, 4) is 0 Å². The van der Waals surface area contributed by atoms with E-state index in [-0.39, 0.29) is 21.6 Å². The van der Waals surface area contributed by atoms with E-state index in [0.29, 0.717) is 22.7 Å². The molecule has 1 aromatic heterocycles. The second-order valence-corrected chi connectivity index (χ2v) is 13.5. The van der Waals surface area contributed by atoms with E-state index >= 15 is 0 Å². The Balaban J connectivity index is 1.90. The molecular weight excluding hydrogens is 404 g/mol. The summed E-state index contributed by atoms with van der Waals surface area (Å²) >= 11 is 6.95. The maximum atomic E-state index is 13.5. The number of thiophene rings is 1. The first-order valence-electron chi connectivity index (χ1n) is 9.24. The summed E-state index contributed by atoms with van der Waals surface area (Å²) in [6.45, 7) is 13.0. The highest BCUT2D eigenvalue weighted by Gasteiger charge is 2.66. The van der Waals surface area contributed by atoms with Crippen LogP contribution in [0.25, 0.3) is 0 Å².